The van der Waals surface area contributed by atoms with Gasteiger partial charge in [0.1, 0.15) is 29.9 Å². The van der Waals surface area contributed by atoms with Crippen molar-refractivity contribution in [1.82, 2.24) is 41.1 Å². The number of carbonyl (C=O) groups excluding carboxylic acids is 6. The molecule has 310 valence electrons. The van der Waals surface area contributed by atoms with Gasteiger partial charge in [-0.3, -0.25) is 33.8 Å². The van der Waals surface area contributed by atoms with Crippen LogP contribution in [0.15, 0.2) is 36.9 Å². The molecule has 3 fully saturated rings. The molecule has 2 aliphatic carbocycles. The number of pyridine rings is 1. The number of halogens is 2. The number of Topliss-reactive ketones (excluding diaryl/α,β-unsaturated/α-hetero) is 1. The van der Waals surface area contributed by atoms with E-state index in [0.717, 1.165) is 45.2 Å². The topological polar surface area (TPSA) is 202 Å². The zero-order chi connectivity index (χ0) is 41.5. The maximum Gasteiger partial charge on any atom is 0.289 e. The monoisotopic (exact) mass is 796 g/mol. The van der Waals surface area contributed by atoms with E-state index in [1.54, 1.807) is 27.7 Å². The number of alkyl halides is 2. The molecular formula is C40H54F2N8O7. The van der Waals surface area contributed by atoms with Crippen LogP contribution in [0.5, 0.6) is 5.88 Å². The number of nitrogens with one attached hydrogen (secondary N) is 4. The molecule has 3 unspecified atom stereocenters. The number of rotatable bonds is 16. The summed E-state index contributed by atoms with van der Waals surface area (Å²) in [6, 6.07) is -2.20. The number of ketones is 1. The second kappa shape index (κ2) is 18.4. The molecule has 17 heteroatoms. The van der Waals surface area contributed by atoms with Gasteiger partial charge in [-0.25, -0.2) is 18.7 Å². The molecule has 2 aromatic heterocycles. The Bertz CT molecular complexity index is 1760. The molecule has 0 aromatic carbocycles. The Kier molecular flexibility index (Phi) is 13.9. The Labute approximate surface area is 331 Å². The molecule has 5 amide bonds. The third-order valence-electron chi connectivity index (χ3n) is 10.6. The molecule has 0 radical (unpaired) electrons. The van der Waals surface area contributed by atoms with Crippen molar-refractivity contribution >= 4 is 35.3 Å². The first-order chi connectivity index (χ1) is 27.0. The van der Waals surface area contributed by atoms with Crippen LogP contribution in [0.2, 0.25) is 0 Å². The van der Waals surface area contributed by atoms with Crippen molar-refractivity contribution in [1.29, 1.82) is 0 Å². The number of nitrogens with zero attached hydrogens (tertiary/aromatic N) is 4. The highest BCUT2D eigenvalue weighted by molar-refractivity contribution is 6.38. The standard InChI is InChI=1S/C40H54F2N8O7/c1-6-10-27(32(51)37(55)46-25-14-15-25)47-35(53)29-19-26(57-30-16-13-24(20-45-30)40(5,41)42)22-50(29)38(56)33(39(2,3)4)49-36(54)31(23-11-8-7-9-12-23)48-34(52)28-21-43-17-18-44-28/h13,16-18,20-21,23,25-27,29,31,33H,6-12,14-15,19,22H2,1-5H3,(H,46,55)(H,47,53)(H,48,52)(H,49,54)/t26-,27?,29+,31?,33?/m0/s1. The molecule has 2 aromatic rings. The van der Waals surface area contributed by atoms with Crippen molar-refractivity contribution in [2.24, 2.45) is 11.3 Å². The fourth-order valence-corrected chi connectivity index (χ4v) is 7.27. The summed E-state index contributed by atoms with van der Waals surface area (Å²) in [5.41, 5.74) is -1.21. The molecule has 5 rings (SSSR count). The number of ether oxygens (including phenoxy) is 1. The zero-order valence-electron chi connectivity index (χ0n) is 33.2. The number of amides is 5. The molecule has 2 saturated carbocycles. The summed E-state index contributed by atoms with van der Waals surface area (Å²) in [6.45, 7) is 7.66. The highest BCUT2D eigenvalue weighted by atomic mass is 19.3. The van der Waals surface area contributed by atoms with Gasteiger partial charge < -0.3 is 30.9 Å². The van der Waals surface area contributed by atoms with Crippen molar-refractivity contribution in [3.63, 3.8) is 0 Å². The van der Waals surface area contributed by atoms with Crippen LogP contribution in [0.25, 0.3) is 0 Å². The van der Waals surface area contributed by atoms with E-state index < -0.39 is 76.9 Å². The van der Waals surface area contributed by atoms with Crippen molar-refractivity contribution < 1.29 is 42.3 Å². The molecule has 0 spiro atoms. The summed E-state index contributed by atoms with van der Waals surface area (Å²) in [6.07, 6.45) is 10.4. The Morgan fingerprint density at radius 2 is 1.63 bits per heavy atom. The largest absolute Gasteiger partial charge is 0.472 e. The summed E-state index contributed by atoms with van der Waals surface area (Å²) in [4.78, 5) is 95.7. The fourth-order valence-electron chi connectivity index (χ4n) is 7.27. The van der Waals surface area contributed by atoms with Gasteiger partial charge in [0.05, 0.1) is 18.8 Å². The maximum absolute atomic E-state index is 14.8. The SMILES string of the molecule is CCCC(NC(=O)[C@H]1C[C@H](Oc2ccc(C(C)(F)F)cn2)CN1C(=O)C(NC(=O)C(NC(=O)c1cnccn1)C1CCCCC1)C(C)(C)C)C(=O)C(=O)NC1CC1. The maximum atomic E-state index is 14.8. The molecule has 0 bridgehead atoms. The number of hydrogen-bond donors (Lipinski definition) is 4. The van der Waals surface area contributed by atoms with E-state index in [-0.39, 0.29) is 48.5 Å². The summed E-state index contributed by atoms with van der Waals surface area (Å²) in [7, 11) is 0. The lowest BCUT2D eigenvalue weighted by Gasteiger charge is -2.37. The van der Waals surface area contributed by atoms with Gasteiger partial charge in [-0.2, -0.15) is 0 Å². The van der Waals surface area contributed by atoms with Crippen LogP contribution in [-0.4, -0.2) is 98.0 Å². The zero-order valence-corrected chi connectivity index (χ0v) is 33.2. The average molecular weight is 797 g/mol. The Hall–Kier alpha value is -5.09. The number of hydrogen-bond acceptors (Lipinski definition) is 10. The molecule has 3 aliphatic rings. The van der Waals surface area contributed by atoms with Crippen LogP contribution in [-0.2, 0) is 29.9 Å². The highest BCUT2D eigenvalue weighted by Crippen LogP contribution is 2.32. The second-order valence-electron chi connectivity index (χ2n) is 16.5. The molecule has 15 nitrogen and oxygen atoms in total. The number of likely N-dealkylation sites (tertiary alicyclic amines) is 1. The van der Waals surface area contributed by atoms with Crippen molar-refractivity contribution in [3.05, 3.63) is 48.2 Å². The minimum atomic E-state index is -3.13. The molecule has 1 saturated heterocycles. The second-order valence-corrected chi connectivity index (χ2v) is 16.5. The highest BCUT2D eigenvalue weighted by Gasteiger charge is 2.47. The lowest BCUT2D eigenvalue weighted by molar-refractivity contribution is -0.145. The van der Waals surface area contributed by atoms with E-state index in [2.05, 4.69) is 36.2 Å². The molecular weight excluding hydrogens is 742 g/mol. The predicted molar refractivity (Wildman–Crippen MR) is 203 cm³/mol. The van der Waals surface area contributed by atoms with E-state index in [1.165, 1.54) is 35.6 Å². The summed E-state index contributed by atoms with van der Waals surface area (Å²) < 4.78 is 33.8. The quantitative estimate of drug-likeness (QED) is 0.183. The minimum absolute atomic E-state index is 0.00733. The van der Waals surface area contributed by atoms with Crippen LogP contribution in [0.1, 0.15) is 115 Å². The van der Waals surface area contributed by atoms with E-state index in [4.69, 9.17) is 4.74 Å². The van der Waals surface area contributed by atoms with E-state index >= 15 is 0 Å². The summed E-state index contributed by atoms with van der Waals surface area (Å²) >= 11 is 0. The Morgan fingerprint density at radius 3 is 2.21 bits per heavy atom. The van der Waals surface area contributed by atoms with Crippen molar-refractivity contribution in [2.75, 3.05) is 6.54 Å². The first kappa shape index (κ1) is 43.0. The van der Waals surface area contributed by atoms with Crippen LogP contribution < -0.4 is 26.0 Å². The molecule has 4 N–H and O–H groups in total. The minimum Gasteiger partial charge on any atom is -0.472 e. The van der Waals surface area contributed by atoms with Crippen LogP contribution >= 0.6 is 0 Å². The van der Waals surface area contributed by atoms with Crippen LogP contribution in [0.3, 0.4) is 0 Å². The Balaban J connectivity index is 1.41. The summed E-state index contributed by atoms with van der Waals surface area (Å²) in [5, 5.41) is 11.1. The molecule has 1 aliphatic heterocycles. The first-order valence-corrected chi connectivity index (χ1v) is 19.8. The lowest BCUT2D eigenvalue weighted by atomic mass is 9.82. The fraction of sp³-hybridized carbons (Fsp3) is 0.625. The van der Waals surface area contributed by atoms with Gasteiger partial charge in [-0.05, 0) is 49.5 Å². The Morgan fingerprint density at radius 1 is 0.912 bits per heavy atom. The lowest BCUT2D eigenvalue weighted by Crippen LogP contribution is -2.62. The molecule has 5 atom stereocenters. The molecule has 57 heavy (non-hydrogen) atoms. The third kappa shape index (κ3) is 11.5. The van der Waals surface area contributed by atoms with Gasteiger partial charge in [0.2, 0.25) is 29.4 Å². The van der Waals surface area contributed by atoms with Gasteiger partial charge in [-0.1, -0.05) is 53.4 Å². The number of aromatic nitrogens is 3. The predicted octanol–water partition coefficient (Wildman–Crippen LogP) is 3.37. The summed E-state index contributed by atoms with van der Waals surface area (Å²) in [5.74, 6) is -7.43. The smallest absolute Gasteiger partial charge is 0.289 e. The van der Waals surface area contributed by atoms with E-state index in [0.29, 0.717) is 19.3 Å². The normalized spacial score (nSPS) is 20.4. The van der Waals surface area contributed by atoms with E-state index in [1.807, 2.05) is 0 Å². The van der Waals surface area contributed by atoms with Gasteiger partial charge in [0.15, 0.2) is 0 Å². The average Bonchev–Trinajstić information content (AvgIpc) is 3.90. The van der Waals surface area contributed by atoms with Gasteiger partial charge in [0, 0.05) is 49.6 Å². The van der Waals surface area contributed by atoms with Crippen molar-refractivity contribution in [3.8, 4) is 5.88 Å². The van der Waals surface area contributed by atoms with Gasteiger partial charge >= 0.3 is 0 Å². The van der Waals surface area contributed by atoms with Crippen LogP contribution in [0.4, 0.5) is 8.78 Å². The number of carbonyl (C=O) groups is 6. The third-order valence-corrected chi connectivity index (χ3v) is 10.6. The van der Waals surface area contributed by atoms with Crippen molar-refractivity contribution in [2.45, 2.75) is 141 Å². The van der Waals surface area contributed by atoms with Gasteiger partial charge in [-0.15, -0.1) is 0 Å². The van der Waals surface area contributed by atoms with E-state index in [9.17, 15) is 37.5 Å². The van der Waals surface area contributed by atoms with Crippen LogP contribution in [0, 0.1) is 11.3 Å². The molecule has 3 heterocycles. The van der Waals surface area contributed by atoms with Gasteiger partial charge in [0.25, 0.3) is 17.7 Å². The first-order valence-electron chi connectivity index (χ1n) is 19.8.